The quantitative estimate of drug-likeness (QED) is 0.743. The molecule has 0 atom stereocenters. The van der Waals surface area contributed by atoms with Gasteiger partial charge in [-0.05, 0) is 12.1 Å². The average Bonchev–Trinajstić information content (AvgIpc) is 2.77. The van der Waals surface area contributed by atoms with Crippen LogP contribution in [-0.4, -0.2) is 21.6 Å². The predicted molar refractivity (Wildman–Crippen MR) is 63.6 cm³/mol. The molecule has 0 amide bonds. The molecule has 1 aliphatic heterocycles. The van der Waals surface area contributed by atoms with Gasteiger partial charge in [0.05, 0.1) is 23.0 Å². The molecule has 2 aromatic rings. The van der Waals surface area contributed by atoms with Gasteiger partial charge in [0.2, 0.25) is 5.91 Å². The number of benzene rings is 1. The van der Waals surface area contributed by atoms with E-state index in [1.54, 1.807) is 24.3 Å². The largest absolute Gasteiger partial charge is 0.414 e. The lowest BCUT2D eigenvalue weighted by molar-refractivity contribution is -0.0928. The number of alkyl halides is 3. The fraction of sp³-hybridized carbons (Fsp3) is 0.154. The normalized spacial score (nSPS) is 15.4. The summed E-state index contributed by atoms with van der Waals surface area (Å²) < 4.78 is 39.8. The molecule has 0 saturated carbocycles. The molecule has 20 heavy (non-hydrogen) atoms. The standard InChI is InChI=1S/C13H6F3N3O/c14-13(15,16)8-5-11(20)19-10-4-2-1-3-9(10)18-12(19)7(8)6-17/h1-4H,5H2. The SMILES string of the molecule is N#CC1=C(C(F)(F)F)CC(=O)n2c1nc1ccccc12. The van der Waals surface area contributed by atoms with Crippen molar-refractivity contribution in [2.45, 2.75) is 12.6 Å². The molecule has 0 N–H and O–H groups in total. The molecule has 1 aliphatic rings. The number of aromatic nitrogens is 2. The summed E-state index contributed by atoms with van der Waals surface area (Å²) >= 11 is 0. The van der Waals surface area contributed by atoms with E-state index in [0.717, 1.165) is 4.57 Å². The van der Waals surface area contributed by atoms with Gasteiger partial charge < -0.3 is 0 Å². The fourth-order valence-corrected chi connectivity index (χ4v) is 2.26. The average molecular weight is 277 g/mol. The molecule has 7 heteroatoms. The Hall–Kier alpha value is -2.62. The molecule has 0 spiro atoms. The number of halogens is 3. The zero-order chi connectivity index (χ0) is 14.5. The third kappa shape index (κ3) is 1.61. The van der Waals surface area contributed by atoms with Gasteiger partial charge in [0.15, 0.2) is 5.82 Å². The van der Waals surface area contributed by atoms with Gasteiger partial charge in [-0.2, -0.15) is 18.4 Å². The highest BCUT2D eigenvalue weighted by molar-refractivity contribution is 6.00. The first kappa shape index (κ1) is 12.4. The van der Waals surface area contributed by atoms with Gasteiger partial charge in [-0.3, -0.25) is 9.36 Å². The summed E-state index contributed by atoms with van der Waals surface area (Å²) in [5.74, 6) is -0.975. The van der Waals surface area contributed by atoms with E-state index in [1.807, 2.05) is 0 Å². The first-order valence-electron chi connectivity index (χ1n) is 5.65. The molecule has 0 fully saturated rings. The Bertz CT molecular complexity index is 808. The minimum Gasteiger partial charge on any atom is -0.274 e. The van der Waals surface area contributed by atoms with Gasteiger partial charge in [0.25, 0.3) is 0 Å². The molecule has 0 bridgehead atoms. The van der Waals surface area contributed by atoms with Crippen LogP contribution in [0.1, 0.15) is 17.0 Å². The Balaban J connectivity index is 2.39. The van der Waals surface area contributed by atoms with Crippen molar-refractivity contribution in [3.05, 3.63) is 35.7 Å². The highest BCUT2D eigenvalue weighted by atomic mass is 19.4. The third-order valence-corrected chi connectivity index (χ3v) is 3.12. The number of carbonyl (C=O) groups excluding carboxylic acids is 1. The van der Waals surface area contributed by atoms with Crippen LogP contribution in [0.4, 0.5) is 13.2 Å². The number of nitrogens with zero attached hydrogens (tertiary/aromatic N) is 3. The summed E-state index contributed by atoms with van der Waals surface area (Å²) in [7, 11) is 0. The van der Waals surface area contributed by atoms with Crippen LogP contribution in [0.2, 0.25) is 0 Å². The van der Waals surface area contributed by atoms with Crippen LogP contribution in [0.25, 0.3) is 16.6 Å². The van der Waals surface area contributed by atoms with Crippen molar-refractivity contribution in [2.75, 3.05) is 0 Å². The number of hydrogen-bond acceptors (Lipinski definition) is 3. The second-order valence-electron chi connectivity index (χ2n) is 4.29. The van der Waals surface area contributed by atoms with Crippen LogP contribution in [0.3, 0.4) is 0 Å². The number of allylic oxidation sites excluding steroid dienone is 2. The molecule has 0 saturated heterocycles. The van der Waals surface area contributed by atoms with E-state index < -0.39 is 29.7 Å². The topological polar surface area (TPSA) is 58.7 Å². The van der Waals surface area contributed by atoms with Gasteiger partial charge in [-0.15, -0.1) is 0 Å². The number of rotatable bonds is 0. The summed E-state index contributed by atoms with van der Waals surface area (Å²) in [6.07, 6.45) is -5.57. The Morgan fingerprint density at radius 2 is 2.00 bits per heavy atom. The summed E-state index contributed by atoms with van der Waals surface area (Å²) in [6, 6.07) is 7.99. The van der Waals surface area contributed by atoms with E-state index in [1.165, 1.54) is 6.07 Å². The van der Waals surface area contributed by atoms with Crippen molar-refractivity contribution in [3.63, 3.8) is 0 Å². The number of para-hydroxylation sites is 2. The maximum absolute atomic E-state index is 12.9. The fourth-order valence-electron chi connectivity index (χ4n) is 2.26. The molecule has 2 heterocycles. The van der Waals surface area contributed by atoms with Gasteiger partial charge in [-0.25, -0.2) is 4.98 Å². The predicted octanol–water partition coefficient (Wildman–Crippen LogP) is 2.92. The Morgan fingerprint density at radius 3 is 2.65 bits per heavy atom. The molecule has 3 rings (SSSR count). The van der Waals surface area contributed by atoms with Gasteiger partial charge in [-0.1, -0.05) is 12.1 Å². The maximum Gasteiger partial charge on any atom is 0.414 e. The van der Waals surface area contributed by atoms with Gasteiger partial charge in [0, 0.05) is 0 Å². The van der Waals surface area contributed by atoms with Gasteiger partial charge in [0.1, 0.15) is 11.6 Å². The van der Waals surface area contributed by atoms with Crippen molar-refractivity contribution in [3.8, 4) is 6.07 Å². The van der Waals surface area contributed by atoms with E-state index in [2.05, 4.69) is 4.98 Å². The molecule has 100 valence electrons. The smallest absolute Gasteiger partial charge is 0.274 e. The minimum atomic E-state index is -4.72. The van der Waals surface area contributed by atoms with Crippen molar-refractivity contribution in [1.29, 1.82) is 5.26 Å². The van der Waals surface area contributed by atoms with Crippen LogP contribution in [0, 0.1) is 11.3 Å². The van der Waals surface area contributed by atoms with E-state index in [0.29, 0.717) is 11.0 Å². The minimum absolute atomic E-state index is 0.239. The molecular formula is C13H6F3N3O. The zero-order valence-electron chi connectivity index (χ0n) is 9.90. The van der Waals surface area contributed by atoms with E-state index in [-0.39, 0.29) is 5.82 Å². The molecule has 4 nitrogen and oxygen atoms in total. The number of nitriles is 1. The summed E-state index contributed by atoms with van der Waals surface area (Å²) in [5.41, 5.74) is -0.936. The van der Waals surface area contributed by atoms with Crippen molar-refractivity contribution < 1.29 is 18.0 Å². The monoisotopic (exact) mass is 277 g/mol. The van der Waals surface area contributed by atoms with E-state index >= 15 is 0 Å². The maximum atomic E-state index is 12.9. The number of imidazole rings is 1. The Labute approximate surface area is 110 Å². The van der Waals surface area contributed by atoms with Crippen molar-refractivity contribution in [1.82, 2.24) is 9.55 Å². The molecule has 1 aromatic carbocycles. The van der Waals surface area contributed by atoms with Crippen molar-refractivity contribution in [2.24, 2.45) is 0 Å². The van der Waals surface area contributed by atoms with Crippen LogP contribution in [0.5, 0.6) is 0 Å². The number of hydrogen-bond donors (Lipinski definition) is 0. The Kier molecular flexibility index (Phi) is 2.44. The van der Waals surface area contributed by atoms with Gasteiger partial charge >= 0.3 is 6.18 Å². The highest BCUT2D eigenvalue weighted by Crippen LogP contribution is 2.38. The molecule has 0 aliphatic carbocycles. The lowest BCUT2D eigenvalue weighted by Crippen LogP contribution is -2.26. The molecular weight excluding hydrogens is 271 g/mol. The summed E-state index contributed by atoms with van der Waals surface area (Å²) in [5, 5.41) is 9.01. The molecule has 0 unspecified atom stereocenters. The lowest BCUT2D eigenvalue weighted by Gasteiger charge is -2.19. The number of fused-ring (bicyclic) bond motifs is 3. The molecule has 0 radical (unpaired) electrons. The first-order valence-corrected chi connectivity index (χ1v) is 5.65. The van der Waals surface area contributed by atoms with E-state index in [4.69, 9.17) is 5.26 Å². The van der Waals surface area contributed by atoms with Crippen LogP contribution >= 0.6 is 0 Å². The van der Waals surface area contributed by atoms with Crippen LogP contribution in [0.15, 0.2) is 29.8 Å². The Morgan fingerprint density at radius 1 is 1.30 bits per heavy atom. The third-order valence-electron chi connectivity index (χ3n) is 3.12. The zero-order valence-corrected chi connectivity index (χ0v) is 9.90. The number of carbonyl (C=O) groups is 1. The summed E-state index contributed by atoms with van der Waals surface area (Å²) in [4.78, 5) is 15.9. The lowest BCUT2D eigenvalue weighted by atomic mass is 10.0. The van der Waals surface area contributed by atoms with Crippen LogP contribution in [-0.2, 0) is 0 Å². The van der Waals surface area contributed by atoms with Crippen LogP contribution < -0.4 is 0 Å². The second-order valence-corrected chi connectivity index (χ2v) is 4.29. The summed E-state index contributed by atoms with van der Waals surface area (Å²) in [6.45, 7) is 0. The first-order chi connectivity index (χ1) is 9.43. The van der Waals surface area contributed by atoms with E-state index in [9.17, 15) is 18.0 Å². The second kappa shape index (κ2) is 3.93. The highest BCUT2D eigenvalue weighted by Gasteiger charge is 2.42. The molecule has 1 aromatic heterocycles. The van der Waals surface area contributed by atoms with Crippen molar-refractivity contribution >= 4 is 22.5 Å².